The monoisotopic (exact) mass is 1100 g/mol. The molecule has 74 heavy (non-hydrogen) atoms. The number of carbonyl (C=O) groups is 1. The predicted molar refractivity (Wildman–Crippen MR) is 297 cm³/mol. The van der Waals surface area contributed by atoms with Gasteiger partial charge in [0.15, 0.2) is 11.7 Å². The summed E-state index contributed by atoms with van der Waals surface area (Å²) in [6.45, 7) is 15.6. The number of allylic oxidation sites excluding steroid dienone is 2. The molecule has 1 aromatic heterocycles. The standard InChI is InChI=1S/C60H78BrNO11Si/c1-41(27-30-47(65-8)20-19-33-61)34-54(73-74(59(5,6)7,50-21-14-12-15-22-50)51-23-16-13-17-24-51)53-36-49(67-10)37-60(68-11,72-53)38-55-62-46(40-69-55)35-42(2)57-44(4)58(43(3)52(71-57)25-18-26-56(63)64)70-39-45-28-31-48(66-9)32-29-45/h12-19,21-24,26-35,40,43-44,47,49,52-54,57-58H,20,25,36-39H2,1-11H3,(H,63,64)/b26-18+,30-27+,33-19+,41-34+,42-35+/t43-,44-,47+,49+,52+,53+,54+,57-,58-,60-/m0/s1. The lowest BCUT2D eigenvalue weighted by atomic mass is 9.79. The molecule has 0 aliphatic carbocycles. The van der Waals surface area contributed by atoms with E-state index in [0.717, 1.165) is 32.8 Å². The second kappa shape index (κ2) is 27.3. The van der Waals surface area contributed by atoms with E-state index in [9.17, 15) is 9.90 Å². The molecule has 2 aliphatic rings. The molecule has 0 unspecified atom stereocenters. The second-order valence-corrected chi connectivity index (χ2v) is 25.4. The molecule has 0 amide bonds. The Balaban J connectivity index is 1.32. The highest BCUT2D eigenvalue weighted by Crippen LogP contribution is 2.42. The smallest absolute Gasteiger partial charge is 0.327 e. The minimum atomic E-state index is -3.13. The first kappa shape index (κ1) is 58.5. The number of hydrogen-bond donors (Lipinski definition) is 1. The van der Waals surface area contributed by atoms with Gasteiger partial charge in [-0.05, 0) is 76.4 Å². The Labute approximate surface area is 449 Å². The van der Waals surface area contributed by atoms with Crippen LogP contribution in [0.2, 0.25) is 5.04 Å². The summed E-state index contributed by atoms with van der Waals surface area (Å²) >= 11 is 3.39. The number of methoxy groups -OCH3 is 4. The first-order valence-corrected chi connectivity index (χ1v) is 28.4. The number of aliphatic carboxylic acids is 1. The van der Waals surface area contributed by atoms with Crippen LogP contribution in [0.3, 0.4) is 0 Å². The van der Waals surface area contributed by atoms with Crippen LogP contribution in [-0.4, -0.2) is 101 Å². The fourth-order valence-corrected chi connectivity index (χ4v) is 15.4. The topological polar surface area (TPSA) is 137 Å². The van der Waals surface area contributed by atoms with Crippen LogP contribution in [0.4, 0.5) is 0 Å². The number of rotatable bonds is 24. The zero-order chi connectivity index (χ0) is 53.5. The van der Waals surface area contributed by atoms with Gasteiger partial charge in [-0.2, -0.15) is 0 Å². The first-order chi connectivity index (χ1) is 35.5. The van der Waals surface area contributed by atoms with Crippen molar-refractivity contribution in [2.24, 2.45) is 11.8 Å². The molecule has 3 aromatic carbocycles. The van der Waals surface area contributed by atoms with Crippen molar-refractivity contribution in [3.63, 3.8) is 0 Å². The second-order valence-electron chi connectivity index (χ2n) is 20.6. The Morgan fingerprint density at radius 3 is 2.19 bits per heavy atom. The Bertz CT molecular complexity index is 2480. The van der Waals surface area contributed by atoms with Gasteiger partial charge in [0.05, 0.1) is 62.9 Å². The minimum Gasteiger partial charge on any atom is -0.497 e. The van der Waals surface area contributed by atoms with Crippen molar-refractivity contribution in [3.8, 4) is 5.75 Å². The summed E-state index contributed by atoms with van der Waals surface area (Å²) in [6.07, 6.45) is 14.8. The number of hydrogen-bond acceptors (Lipinski definition) is 11. The molecule has 2 saturated heterocycles. The summed E-state index contributed by atoms with van der Waals surface area (Å²) in [5.74, 6) is -1.05. The van der Waals surface area contributed by atoms with Crippen molar-refractivity contribution < 1.29 is 51.9 Å². The lowest BCUT2D eigenvalue weighted by Gasteiger charge is -2.49. The molecule has 0 saturated carbocycles. The fourth-order valence-electron chi connectivity index (χ4n) is 10.5. The summed E-state index contributed by atoms with van der Waals surface area (Å²) in [5, 5.41) is 11.4. The molecule has 6 rings (SSSR count). The minimum absolute atomic E-state index is 0.0238. The maximum atomic E-state index is 11.4. The van der Waals surface area contributed by atoms with Crippen LogP contribution in [0.5, 0.6) is 5.75 Å². The van der Waals surface area contributed by atoms with Gasteiger partial charge in [0.1, 0.15) is 17.7 Å². The van der Waals surface area contributed by atoms with Gasteiger partial charge in [0, 0.05) is 52.1 Å². The van der Waals surface area contributed by atoms with E-state index in [1.165, 1.54) is 6.08 Å². The number of carboxylic acids is 1. The van der Waals surface area contributed by atoms with E-state index in [1.54, 1.807) is 40.8 Å². The van der Waals surface area contributed by atoms with Gasteiger partial charge in [0.2, 0.25) is 0 Å². The van der Waals surface area contributed by atoms with Crippen LogP contribution in [-0.2, 0) is 50.7 Å². The summed E-state index contributed by atoms with van der Waals surface area (Å²) < 4.78 is 58.7. The SMILES string of the molecule is COc1ccc(CO[C@H]2[C@@H](C)[C@@H](C/C=C/C(=O)O)O[C@@H](/C(C)=C/c3coc(C[C@]4(OC)C[C@H](OC)C[C@H]([C@@H](/C=C(C)/C=C/[C@@H](C/C=C/Br)OC)O[Si](c5ccccc5)(c5ccccc5)C(C)(C)C)O4)n3)[C@@H]2C)cc1. The van der Waals surface area contributed by atoms with Crippen molar-refractivity contribution in [1.29, 1.82) is 0 Å². The van der Waals surface area contributed by atoms with Crippen LogP contribution in [0, 0.1) is 11.8 Å². The van der Waals surface area contributed by atoms with Crippen molar-refractivity contribution in [2.75, 3.05) is 28.4 Å². The maximum Gasteiger partial charge on any atom is 0.327 e. The Morgan fingerprint density at radius 2 is 1.61 bits per heavy atom. The molecular formula is C60H78BrNO11Si. The third-order valence-corrected chi connectivity index (χ3v) is 19.8. The van der Waals surface area contributed by atoms with Crippen molar-refractivity contribution in [3.05, 3.63) is 161 Å². The van der Waals surface area contributed by atoms with Crippen LogP contribution in [0.1, 0.15) is 91.3 Å². The molecule has 14 heteroatoms. The zero-order valence-electron chi connectivity index (χ0n) is 45.1. The van der Waals surface area contributed by atoms with E-state index in [-0.39, 0.29) is 53.8 Å². The molecule has 4 aromatic rings. The van der Waals surface area contributed by atoms with Crippen molar-refractivity contribution in [2.45, 2.75) is 141 Å². The van der Waals surface area contributed by atoms with Crippen LogP contribution < -0.4 is 15.1 Å². The van der Waals surface area contributed by atoms with E-state index < -0.39 is 32.3 Å². The highest BCUT2D eigenvalue weighted by Gasteiger charge is 2.54. The molecule has 0 spiro atoms. The molecule has 1 N–H and O–H groups in total. The number of ether oxygens (including phenoxy) is 7. The largest absolute Gasteiger partial charge is 0.497 e. The molecule has 12 nitrogen and oxygen atoms in total. The van der Waals surface area contributed by atoms with Crippen molar-refractivity contribution >= 4 is 46.7 Å². The molecule has 2 fully saturated rings. The lowest BCUT2D eigenvalue weighted by molar-refractivity contribution is -0.297. The highest BCUT2D eigenvalue weighted by molar-refractivity contribution is 9.11. The number of benzene rings is 3. The first-order valence-electron chi connectivity index (χ1n) is 25.6. The van der Waals surface area contributed by atoms with E-state index in [2.05, 4.69) is 124 Å². The van der Waals surface area contributed by atoms with E-state index in [0.29, 0.717) is 43.9 Å². The van der Waals surface area contributed by atoms with Gasteiger partial charge < -0.3 is 47.1 Å². The molecule has 2 aliphatic heterocycles. The van der Waals surface area contributed by atoms with Crippen LogP contribution in [0.15, 0.2) is 148 Å². The number of carboxylic acid groups (broad SMARTS) is 1. The normalized spacial score (nSPS) is 25.2. The molecule has 10 atom stereocenters. The van der Waals surface area contributed by atoms with E-state index in [4.69, 9.17) is 47.0 Å². The summed E-state index contributed by atoms with van der Waals surface area (Å²) in [5.41, 5.74) is 3.56. The molecule has 0 bridgehead atoms. The maximum absolute atomic E-state index is 11.4. The molecular weight excluding hydrogens is 1020 g/mol. The number of oxazole rings is 1. The predicted octanol–water partition coefficient (Wildman–Crippen LogP) is 11.6. The van der Waals surface area contributed by atoms with Gasteiger partial charge in [-0.3, -0.25) is 0 Å². The average molecular weight is 1100 g/mol. The summed E-state index contributed by atoms with van der Waals surface area (Å²) in [7, 11) is 3.63. The Morgan fingerprint density at radius 1 is 0.932 bits per heavy atom. The van der Waals surface area contributed by atoms with Gasteiger partial charge in [-0.25, -0.2) is 9.78 Å². The van der Waals surface area contributed by atoms with E-state index in [1.807, 2.05) is 60.5 Å². The lowest BCUT2D eigenvalue weighted by Crippen LogP contribution is -2.69. The van der Waals surface area contributed by atoms with Crippen molar-refractivity contribution in [1.82, 2.24) is 4.98 Å². The van der Waals surface area contributed by atoms with Crippen LogP contribution >= 0.6 is 15.9 Å². The Kier molecular flexibility index (Phi) is 21.6. The highest BCUT2D eigenvalue weighted by atomic mass is 79.9. The molecule has 0 radical (unpaired) electrons. The number of aromatic nitrogens is 1. The third kappa shape index (κ3) is 15.0. The fraction of sp³-hybridized carbons (Fsp3) is 0.467. The Hall–Kier alpha value is -4.74. The summed E-state index contributed by atoms with van der Waals surface area (Å²) in [6, 6.07) is 29.1. The van der Waals surface area contributed by atoms with Gasteiger partial charge in [-0.15, -0.1) is 0 Å². The molecule has 400 valence electrons. The van der Waals surface area contributed by atoms with Crippen LogP contribution in [0.25, 0.3) is 6.08 Å². The average Bonchev–Trinajstić information content (AvgIpc) is 3.83. The summed E-state index contributed by atoms with van der Waals surface area (Å²) in [4.78, 5) is 18.3. The number of halogens is 1. The zero-order valence-corrected chi connectivity index (χ0v) is 47.7. The molecule has 3 heterocycles. The quantitative estimate of drug-likeness (QED) is 0.0406. The van der Waals surface area contributed by atoms with Gasteiger partial charge in [-0.1, -0.05) is 159 Å². The third-order valence-electron chi connectivity index (χ3n) is 14.4. The van der Waals surface area contributed by atoms with E-state index >= 15 is 0 Å². The van der Waals surface area contributed by atoms with Gasteiger partial charge >= 0.3 is 5.97 Å². The number of nitrogens with zero attached hydrogens (tertiary/aromatic N) is 1. The van der Waals surface area contributed by atoms with Gasteiger partial charge in [0.25, 0.3) is 8.32 Å².